The molecule has 1 aromatic carbocycles. The lowest BCUT2D eigenvalue weighted by Crippen LogP contribution is -2.18. The predicted molar refractivity (Wildman–Crippen MR) is 77.9 cm³/mol. The van der Waals surface area contributed by atoms with Gasteiger partial charge in [-0.2, -0.15) is 0 Å². The summed E-state index contributed by atoms with van der Waals surface area (Å²) in [6, 6.07) is 3.50. The van der Waals surface area contributed by atoms with Crippen molar-refractivity contribution in [3.05, 3.63) is 29.5 Å². The van der Waals surface area contributed by atoms with Crippen LogP contribution in [0.5, 0.6) is 11.5 Å². The van der Waals surface area contributed by atoms with Crippen molar-refractivity contribution < 1.29 is 28.5 Å². The molecule has 22 heavy (non-hydrogen) atoms. The quantitative estimate of drug-likeness (QED) is 0.665. The first-order valence-electron chi connectivity index (χ1n) is 6.60. The number of carbonyl (C=O) groups is 2. The van der Waals surface area contributed by atoms with Gasteiger partial charge in [0.1, 0.15) is 18.9 Å². The Labute approximate surface area is 127 Å². The third kappa shape index (κ3) is 3.49. The van der Waals surface area contributed by atoms with Gasteiger partial charge in [0.05, 0.1) is 20.3 Å². The van der Waals surface area contributed by atoms with E-state index in [-0.39, 0.29) is 5.70 Å². The zero-order chi connectivity index (χ0) is 16.1. The fourth-order valence-corrected chi connectivity index (χ4v) is 1.90. The van der Waals surface area contributed by atoms with Crippen LogP contribution in [0.25, 0.3) is 0 Å². The van der Waals surface area contributed by atoms with Gasteiger partial charge in [-0.15, -0.1) is 0 Å². The van der Waals surface area contributed by atoms with Gasteiger partial charge >= 0.3 is 11.9 Å². The normalized spacial score (nSPS) is 13.3. The minimum Gasteiger partial charge on any atom is -0.486 e. The Morgan fingerprint density at radius 1 is 1.14 bits per heavy atom. The Morgan fingerprint density at radius 3 is 2.36 bits per heavy atom. The van der Waals surface area contributed by atoms with E-state index in [1.807, 2.05) is 6.92 Å². The summed E-state index contributed by atoms with van der Waals surface area (Å²) in [4.78, 5) is 23.1. The van der Waals surface area contributed by atoms with E-state index in [1.54, 1.807) is 12.1 Å². The maximum atomic E-state index is 11.8. The molecule has 1 aromatic rings. The highest BCUT2D eigenvalue weighted by Crippen LogP contribution is 2.35. The highest BCUT2D eigenvalue weighted by molar-refractivity contribution is 5.98. The van der Waals surface area contributed by atoms with Crippen LogP contribution in [-0.2, 0) is 19.1 Å². The van der Waals surface area contributed by atoms with Crippen molar-refractivity contribution in [3.63, 3.8) is 0 Å². The molecule has 1 aliphatic heterocycles. The lowest BCUT2D eigenvalue weighted by atomic mass is 10.1. The van der Waals surface area contributed by atoms with Crippen LogP contribution in [0.1, 0.15) is 5.56 Å². The number of esters is 2. The van der Waals surface area contributed by atoms with E-state index in [0.29, 0.717) is 30.4 Å². The van der Waals surface area contributed by atoms with Gasteiger partial charge in [0.25, 0.3) is 0 Å². The number of hydrogen-bond donors (Lipinski definition) is 1. The van der Waals surface area contributed by atoms with Crippen LogP contribution in [0.2, 0.25) is 0 Å². The number of aryl methyl sites for hydroxylation is 1. The van der Waals surface area contributed by atoms with Gasteiger partial charge in [0, 0.05) is 11.8 Å². The summed E-state index contributed by atoms with van der Waals surface area (Å²) in [6.07, 6.45) is 1.03. The summed E-state index contributed by atoms with van der Waals surface area (Å²) >= 11 is 0. The average molecular weight is 307 g/mol. The molecule has 1 heterocycles. The Kier molecular flexibility index (Phi) is 4.88. The molecule has 0 fully saturated rings. The first kappa shape index (κ1) is 15.7. The van der Waals surface area contributed by atoms with E-state index < -0.39 is 11.9 Å². The van der Waals surface area contributed by atoms with Gasteiger partial charge in [0.2, 0.25) is 0 Å². The largest absolute Gasteiger partial charge is 0.486 e. The van der Waals surface area contributed by atoms with Crippen molar-refractivity contribution in [1.29, 1.82) is 0 Å². The number of rotatable bonds is 4. The Balaban J connectivity index is 2.32. The molecule has 0 aromatic heterocycles. The van der Waals surface area contributed by atoms with E-state index in [0.717, 1.165) is 11.6 Å². The number of methoxy groups -OCH3 is 2. The smallest absolute Gasteiger partial charge is 0.354 e. The lowest BCUT2D eigenvalue weighted by Gasteiger charge is -2.21. The number of fused-ring (bicyclic) bond motifs is 1. The zero-order valence-electron chi connectivity index (χ0n) is 12.6. The molecule has 0 spiro atoms. The van der Waals surface area contributed by atoms with Crippen LogP contribution >= 0.6 is 0 Å². The maximum absolute atomic E-state index is 11.8. The molecule has 0 aliphatic carbocycles. The molecular formula is C15H17NO6. The number of carbonyl (C=O) groups excluding carboxylic acids is 2. The predicted octanol–water partition coefficient (Wildman–Crippen LogP) is 1.41. The molecule has 0 saturated heterocycles. The Bertz CT molecular complexity index is 623. The highest BCUT2D eigenvalue weighted by Gasteiger charge is 2.18. The van der Waals surface area contributed by atoms with Crippen molar-refractivity contribution in [1.82, 2.24) is 0 Å². The molecule has 0 bridgehead atoms. The second-order valence-electron chi connectivity index (χ2n) is 4.51. The zero-order valence-corrected chi connectivity index (χ0v) is 12.6. The van der Waals surface area contributed by atoms with Crippen LogP contribution in [0, 0.1) is 6.92 Å². The minimum atomic E-state index is -0.681. The third-order valence-corrected chi connectivity index (χ3v) is 3.03. The topological polar surface area (TPSA) is 83.1 Å². The van der Waals surface area contributed by atoms with Crippen LogP contribution in [-0.4, -0.2) is 39.4 Å². The van der Waals surface area contributed by atoms with Crippen LogP contribution in [0.15, 0.2) is 23.9 Å². The molecule has 0 radical (unpaired) electrons. The summed E-state index contributed by atoms with van der Waals surface area (Å²) in [5, 5.41) is 2.86. The molecule has 0 amide bonds. The fraction of sp³-hybridized carbons (Fsp3) is 0.333. The van der Waals surface area contributed by atoms with Gasteiger partial charge in [-0.25, -0.2) is 9.59 Å². The summed E-state index contributed by atoms with van der Waals surface area (Å²) in [6.45, 7) is 2.79. The molecule has 0 atom stereocenters. The van der Waals surface area contributed by atoms with Crippen molar-refractivity contribution in [3.8, 4) is 11.5 Å². The van der Waals surface area contributed by atoms with Gasteiger partial charge in [0.15, 0.2) is 11.5 Å². The monoisotopic (exact) mass is 307 g/mol. The van der Waals surface area contributed by atoms with Crippen LogP contribution in [0.4, 0.5) is 5.69 Å². The van der Waals surface area contributed by atoms with Gasteiger partial charge in [-0.05, 0) is 18.6 Å². The summed E-state index contributed by atoms with van der Waals surface area (Å²) in [5.74, 6) is -0.129. The van der Waals surface area contributed by atoms with E-state index in [9.17, 15) is 9.59 Å². The second kappa shape index (κ2) is 6.84. The second-order valence-corrected chi connectivity index (χ2v) is 4.51. The summed E-state index contributed by atoms with van der Waals surface area (Å²) < 4.78 is 20.2. The van der Waals surface area contributed by atoms with Crippen molar-refractivity contribution in [2.45, 2.75) is 6.92 Å². The van der Waals surface area contributed by atoms with E-state index in [2.05, 4.69) is 14.8 Å². The molecular weight excluding hydrogens is 290 g/mol. The highest BCUT2D eigenvalue weighted by atomic mass is 16.6. The molecule has 7 heteroatoms. The molecule has 118 valence electrons. The number of nitrogens with one attached hydrogen (secondary N) is 1. The van der Waals surface area contributed by atoms with E-state index in [1.165, 1.54) is 14.2 Å². The van der Waals surface area contributed by atoms with Crippen molar-refractivity contribution >= 4 is 17.6 Å². The van der Waals surface area contributed by atoms with Crippen LogP contribution < -0.4 is 14.8 Å². The molecule has 7 nitrogen and oxygen atoms in total. The molecule has 1 N–H and O–H groups in total. The molecule has 2 rings (SSSR count). The van der Waals surface area contributed by atoms with Crippen molar-refractivity contribution in [2.24, 2.45) is 0 Å². The molecule has 0 saturated carbocycles. The standard InChI is InChI=1S/C15H17NO6/c1-9-6-12-13(22-5-4-21-12)7-10(9)16-11(15(18)20-3)8-14(17)19-2/h6-8,16H,4-5H2,1-3H3/b11-8+. The maximum Gasteiger partial charge on any atom is 0.354 e. The van der Waals surface area contributed by atoms with Gasteiger partial charge < -0.3 is 24.3 Å². The van der Waals surface area contributed by atoms with Crippen molar-refractivity contribution in [2.75, 3.05) is 32.8 Å². The average Bonchev–Trinajstić information content (AvgIpc) is 2.53. The fourth-order valence-electron chi connectivity index (χ4n) is 1.90. The minimum absolute atomic E-state index is 0.0332. The number of ether oxygens (including phenoxy) is 4. The van der Waals surface area contributed by atoms with Crippen LogP contribution in [0.3, 0.4) is 0 Å². The van der Waals surface area contributed by atoms with E-state index in [4.69, 9.17) is 9.47 Å². The first-order valence-corrected chi connectivity index (χ1v) is 6.60. The number of anilines is 1. The summed E-state index contributed by atoms with van der Waals surface area (Å²) in [7, 11) is 2.45. The lowest BCUT2D eigenvalue weighted by molar-refractivity contribution is -0.138. The Morgan fingerprint density at radius 2 is 1.77 bits per heavy atom. The first-order chi connectivity index (χ1) is 10.5. The van der Waals surface area contributed by atoms with E-state index >= 15 is 0 Å². The molecule has 0 unspecified atom stereocenters. The van der Waals surface area contributed by atoms with Gasteiger partial charge in [-0.1, -0.05) is 0 Å². The summed E-state index contributed by atoms with van der Waals surface area (Å²) in [5.41, 5.74) is 1.39. The van der Waals surface area contributed by atoms with Gasteiger partial charge in [-0.3, -0.25) is 0 Å². The number of hydrogen-bond acceptors (Lipinski definition) is 7. The Hall–Kier alpha value is -2.70. The number of benzene rings is 1. The third-order valence-electron chi connectivity index (χ3n) is 3.03. The molecule has 1 aliphatic rings. The SMILES string of the molecule is COC(=O)/C=C(/Nc1cc2c(cc1C)OCCO2)C(=O)OC.